The fraction of sp³-hybridized carbons (Fsp3) is 0.381. The molecule has 3 aliphatic rings. The molecular weight excluding hydrogens is 370 g/mol. The second-order valence-corrected chi connectivity index (χ2v) is 9.18. The van der Waals surface area contributed by atoms with Crippen molar-refractivity contribution in [3.05, 3.63) is 42.0 Å². The lowest BCUT2D eigenvalue weighted by molar-refractivity contribution is -0.0580. The first kappa shape index (κ1) is 16.4. The molecular formula is C21H21N5OS. The van der Waals surface area contributed by atoms with Crippen molar-refractivity contribution in [2.24, 2.45) is 0 Å². The molecule has 28 heavy (non-hydrogen) atoms. The topological polar surface area (TPSA) is 75.3 Å². The molecule has 6 nitrogen and oxygen atoms in total. The summed E-state index contributed by atoms with van der Waals surface area (Å²) in [5.41, 5.74) is 5.37. The molecule has 1 aromatic carbocycles. The minimum absolute atomic E-state index is 0.0609. The second-order valence-electron chi connectivity index (χ2n) is 8.30. The van der Waals surface area contributed by atoms with Crippen molar-refractivity contribution in [3.8, 4) is 11.3 Å². The molecule has 3 saturated carbocycles. The lowest BCUT2D eigenvalue weighted by Gasteiger charge is -2.51. The van der Waals surface area contributed by atoms with Crippen LogP contribution in [0.5, 0.6) is 0 Å². The molecule has 142 valence electrons. The Morgan fingerprint density at radius 1 is 1.00 bits per heavy atom. The van der Waals surface area contributed by atoms with Gasteiger partial charge in [0.2, 0.25) is 0 Å². The molecule has 3 heterocycles. The van der Waals surface area contributed by atoms with Crippen molar-refractivity contribution in [2.75, 3.05) is 5.32 Å². The van der Waals surface area contributed by atoms with Crippen LogP contribution in [0.25, 0.3) is 27.1 Å². The first-order valence-electron chi connectivity index (χ1n) is 9.81. The second kappa shape index (κ2) is 5.75. The number of hydrogen-bond acceptors (Lipinski definition) is 6. The van der Waals surface area contributed by atoms with Gasteiger partial charge >= 0.3 is 0 Å². The summed E-state index contributed by atoms with van der Waals surface area (Å²) >= 11 is 1.65. The van der Waals surface area contributed by atoms with E-state index in [0.29, 0.717) is 0 Å². The Morgan fingerprint density at radius 3 is 2.64 bits per heavy atom. The maximum Gasteiger partial charge on any atom is 0.154 e. The van der Waals surface area contributed by atoms with E-state index in [4.69, 9.17) is 5.10 Å². The summed E-state index contributed by atoms with van der Waals surface area (Å²) in [4.78, 5) is 8.96. The van der Waals surface area contributed by atoms with Crippen LogP contribution in [0.3, 0.4) is 0 Å². The van der Waals surface area contributed by atoms with Crippen LogP contribution < -0.4 is 5.32 Å². The van der Waals surface area contributed by atoms with Gasteiger partial charge in [0.1, 0.15) is 5.82 Å². The zero-order chi connectivity index (χ0) is 18.8. The number of thiazole rings is 1. The van der Waals surface area contributed by atoms with E-state index in [1.54, 1.807) is 11.3 Å². The van der Waals surface area contributed by atoms with E-state index in [1.807, 2.05) is 28.4 Å². The normalized spacial score (nSPS) is 26.9. The summed E-state index contributed by atoms with van der Waals surface area (Å²) in [6.45, 7) is 0. The van der Waals surface area contributed by atoms with Crippen molar-refractivity contribution in [2.45, 2.75) is 49.7 Å². The van der Waals surface area contributed by atoms with Gasteiger partial charge in [0.25, 0.3) is 0 Å². The number of imidazole rings is 1. The summed E-state index contributed by atoms with van der Waals surface area (Å²) in [6, 6.07) is 10.3. The van der Waals surface area contributed by atoms with Crippen molar-refractivity contribution in [1.29, 1.82) is 0 Å². The van der Waals surface area contributed by atoms with Crippen LogP contribution in [0.4, 0.5) is 5.82 Å². The zero-order valence-corrected chi connectivity index (χ0v) is 16.2. The van der Waals surface area contributed by atoms with Crippen molar-refractivity contribution < 1.29 is 5.11 Å². The van der Waals surface area contributed by atoms with Gasteiger partial charge < -0.3 is 10.4 Å². The number of rotatable bonds is 3. The van der Waals surface area contributed by atoms with Gasteiger partial charge in [-0.1, -0.05) is 6.07 Å². The molecule has 3 fully saturated rings. The average molecular weight is 392 g/mol. The summed E-state index contributed by atoms with van der Waals surface area (Å²) in [7, 11) is 0. The monoisotopic (exact) mass is 391 g/mol. The number of benzene rings is 1. The Morgan fingerprint density at radius 2 is 1.82 bits per heavy atom. The van der Waals surface area contributed by atoms with Gasteiger partial charge in [-0.2, -0.15) is 0 Å². The van der Waals surface area contributed by atoms with E-state index >= 15 is 0 Å². The van der Waals surface area contributed by atoms with Gasteiger partial charge in [-0.15, -0.1) is 16.4 Å². The number of hydrogen-bond donors (Lipinski definition) is 2. The molecule has 0 radical (unpaired) electrons. The van der Waals surface area contributed by atoms with E-state index in [-0.39, 0.29) is 5.54 Å². The molecule has 7 heteroatoms. The Bertz CT molecular complexity index is 1170. The summed E-state index contributed by atoms with van der Waals surface area (Å²) < 4.78 is 3.09. The highest BCUT2D eigenvalue weighted by atomic mass is 32.1. The number of nitrogens with one attached hydrogen (secondary N) is 1. The molecule has 0 amide bonds. The predicted octanol–water partition coefficient (Wildman–Crippen LogP) is 4.26. The third-order valence-electron chi connectivity index (χ3n) is 6.59. The van der Waals surface area contributed by atoms with Gasteiger partial charge in [-0.25, -0.2) is 14.5 Å². The van der Waals surface area contributed by atoms with Gasteiger partial charge in [-0.3, -0.25) is 0 Å². The van der Waals surface area contributed by atoms with Crippen molar-refractivity contribution in [1.82, 2.24) is 19.6 Å². The van der Waals surface area contributed by atoms with E-state index in [2.05, 4.69) is 33.5 Å². The van der Waals surface area contributed by atoms with Crippen LogP contribution in [0.1, 0.15) is 38.5 Å². The van der Waals surface area contributed by atoms with Crippen LogP contribution >= 0.6 is 11.3 Å². The molecule has 7 rings (SSSR count). The molecule has 0 unspecified atom stereocenters. The lowest BCUT2D eigenvalue weighted by atomic mass is 9.63. The summed E-state index contributed by atoms with van der Waals surface area (Å²) in [6.07, 6.45) is 7.52. The SMILES string of the molecule is OC12CCC(Nc3ccc4ncc(-c5ccc6scnc6c5)n4n3)(CC1)CC2. The van der Waals surface area contributed by atoms with Crippen LogP contribution in [0.2, 0.25) is 0 Å². The van der Waals surface area contributed by atoms with Crippen molar-refractivity contribution >= 4 is 33.0 Å². The quantitative estimate of drug-likeness (QED) is 0.546. The molecule has 0 atom stereocenters. The predicted molar refractivity (Wildman–Crippen MR) is 111 cm³/mol. The highest BCUT2D eigenvalue weighted by molar-refractivity contribution is 7.16. The largest absolute Gasteiger partial charge is 0.390 e. The molecule has 0 saturated heterocycles. The zero-order valence-electron chi connectivity index (χ0n) is 15.4. The van der Waals surface area contributed by atoms with Crippen molar-refractivity contribution in [3.63, 3.8) is 0 Å². The average Bonchev–Trinajstić information content (AvgIpc) is 3.35. The van der Waals surface area contributed by atoms with Gasteiger partial charge in [0.15, 0.2) is 5.65 Å². The highest BCUT2D eigenvalue weighted by Crippen LogP contribution is 2.48. The fourth-order valence-corrected chi connectivity index (χ4v) is 5.44. The van der Waals surface area contributed by atoms with E-state index in [9.17, 15) is 5.11 Å². The fourth-order valence-electron chi connectivity index (χ4n) is 4.78. The minimum atomic E-state index is -0.424. The molecule has 2 bridgehead atoms. The highest BCUT2D eigenvalue weighted by Gasteiger charge is 2.47. The van der Waals surface area contributed by atoms with E-state index in [1.165, 1.54) is 4.70 Å². The van der Waals surface area contributed by atoms with Gasteiger partial charge in [0.05, 0.1) is 33.2 Å². The molecule has 3 aliphatic carbocycles. The molecule has 2 N–H and O–H groups in total. The van der Waals surface area contributed by atoms with Crippen LogP contribution in [0, 0.1) is 0 Å². The third-order valence-corrected chi connectivity index (χ3v) is 7.40. The molecule has 0 spiro atoms. The molecule has 0 aliphatic heterocycles. The van der Waals surface area contributed by atoms with E-state index in [0.717, 1.165) is 66.8 Å². The van der Waals surface area contributed by atoms with Crippen LogP contribution in [-0.2, 0) is 0 Å². The Labute approximate surface area is 166 Å². The van der Waals surface area contributed by atoms with Gasteiger partial charge in [0, 0.05) is 11.1 Å². The first-order valence-corrected chi connectivity index (χ1v) is 10.7. The number of anilines is 1. The lowest BCUT2D eigenvalue weighted by Crippen LogP contribution is -2.53. The summed E-state index contributed by atoms with van der Waals surface area (Å²) in [5, 5.41) is 19.0. The molecule has 4 aromatic rings. The van der Waals surface area contributed by atoms with E-state index < -0.39 is 5.60 Å². The number of aliphatic hydroxyl groups is 1. The standard InChI is InChI=1S/C21H21N5OS/c27-21-8-5-20(6-9-21,7-10-21)24-18-3-4-19-22-12-16(26(19)25-18)14-1-2-17-15(11-14)23-13-28-17/h1-4,11-13,27H,5-10H2,(H,24,25). The third kappa shape index (κ3) is 2.53. The Kier molecular flexibility index (Phi) is 3.38. The number of fused-ring (bicyclic) bond motifs is 5. The number of nitrogens with zero attached hydrogens (tertiary/aromatic N) is 4. The first-order chi connectivity index (χ1) is 13.6. The Balaban J connectivity index is 1.37. The Hall–Kier alpha value is -2.51. The van der Waals surface area contributed by atoms with Gasteiger partial charge in [-0.05, 0) is 62.8 Å². The number of aromatic nitrogens is 4. The van der Waals surface area contributed by atoms with Crippen LogP contribution in [-0.4, -0.2) is 35.8 Å². The molecule has 3 aromatic heterocycles. The van der Waals surface area contributed by atoms with Crippen LogP contribution in [0.15, 0.2) is 42.0 Å². The maximum absolute atomic E-state index is 10.5. The maximum atomic E-state index is 10.5. The minimum Gasteiger partial charge on any atom is -0.390 e. The summed E-state index contributed by atoms with van der Waals surface area (Å²) in [5.74, 6) is 0.869. The smallest absolute Gasteiger partial charge is 0.154 e.